The molecule has 29 heavy (non-hydrogen) atoms. The van der Waals surface area contributed by atoms with E-state index in [4.69, 9.17) is 9.16 Å². The second kappa shape index (κ2) is 7.57. The van der Waals surface area contributed by atoms with E-state index < -0.39 is 13.9 Å². The number of benzene rings is 1. The van der Waals surface area contributed by atoms with Gasteiger partial charge in [0.1, 0.15) is 5.60 Å². The van der Waals surface area contributed by atoms with E-state index in [2.05, 4.69) is 70.8 Å². The number of hydrogen-bond acceptors (Lipinski definition) is 3. The molecule has 4 heteroatoms. The first-order chi connectivity index (χ1) is 13.5. The molecule has 2 aliphatic carbocycles. The van der Waals surface area contributed by atoms with E-state index >= 15 is 0 Å². The van der Waals surface area contributed by atoms with Crippen LogP contribution in [0, 0.1) is 5.41 Å². The normalized spacial score (nSPS) is 26.4. The van der Waals surface area contributed by atoms with Crippen molar-refractivity contribution in [2.24, 2.45) is 5.41 Å². The van der Waals surface area contributed by atoms with Crippen LogP contribution in [0.15, 0.2) is 41.6 Å². The van der Waals surface area contributed by atoms with Crippen molar-refractivity contribution in [1.29, 1.82) is 0 Å². The Hall–Kier alpha value is -1.61. The first-order valence-electron chi connectivity index (χ1n) is 10.9. The summed E-state index contributed by atoms with van der Waals surface area (Å²) < 4.78 is 12.5. The van der Waals surface area contributed by atoms with Crippen molar-refractivity contribution in [2.45, 2.75) is 84.0 Å². The molecular formula is C25H36O3Si. The second-order valence-corrected chi connectivity index (χ2v) is 15.0. The van der Waals surface area contributed by atoms with Gasteiger partial charge in [0.15, 0.2) is 8.32 Å². The maximum Gasteiger partial charge on any atom is 0.338 e. The standard InChI is InChI=1S/C25H36O3Si/c1-8-27-22(26)14-13-20-16-18-24(5)17-15-19-11-9-10-12-21(19)25(20,24)28-29(6,7)23(2,3)4/h9-12,14H,8,15-18H2,1-7H3/t13?,24-,25+/m0/s1. The molecular weight excluding hydrogens is 376 g/mol. The van der Waals surface area contributed by atoms with Crippen molar-refractivity contribution in [1.82, 2.24) is 0 Å². The van der Waals surface area contributed by atoms with Crippen molar-refractivity contribution in [3.63, 3.8) is 0 Å². The van der Waals surface area contributed by atoms with Gasteiger partial charge in [0.25, 0.3) is 0 Å². The third-order valence-corrected chi connectivity index (χ3v) is 11.8. The SMILES string of the molecule is CCOC(=O)C=C=C1CC[C@]2(C)CCc3ccccc3[C@]12O[Si](C)(C)C(C)(C)C. The minimum atomic E-state index is -2.11. The second-order valence-electron chi connectivity index (χ2n) is 10.3. The molecule has 1 aromatic carbocycles. The minimum absolute atomic E-state index is 0.00169. The molecule has 0 aromatic heterocycles. The Balaban J connectivity index is 2.25. The third-order valence-electron chi connectivity index (χ3n) is 7.41. The molecule has 0 aliphatic heterocycles. The van der Waals surface area contributed by atoms with Gasteiger partial charge < -0.3 is 9.16 Å². The fraction of sp³-hybridized carbons (Fsp3) is 0.600. The minimum Gasteiger partial charge on any atom is -0.462 e. The van der Waals surface area contributed by atoms with E-state index in [0.29, 0.717) is 6.61 Å². The Morgan fingerprint density at radius 2 is 1.86 bits per heavy atom. The summed E-state index contributed by atoms with van der Waals surface area (Å²) in [6, 6.07) is 8.70. The summed E-state index contributed by atoms with van der Waals surface area (Å²) >= 11 is 0. The quantitative estimate of drug-likeness (QED) is 0.252. The van der Waals surface area contributed by atoms with Crippen molar-refractivity contribution < 1.29 is 14.0 Å². The number of rotatable bonds is 4. The fourth-order valence-electron chi connectivity index (χ4n) is 4.68. The molecule has 2 atom stereocenters. The molecule has 2 aliphatic rings. The van der Waals surface area contributed by atoms with Gasteiger partial charge in [-0.15, -0.1) is 5.73 Å². The average Bonchev–Trinajstić information content (AvgIpc) is 2.92. The lowest BCUT2D eigenvalue weighted by Gasteiger charge is -2.54. The van der Waals surface area contributed by atoms with E-state index in [0.717, 1.165) is 31.3 Å². The van der Waals surface area contributed by atoms with Crippen LogP contribution in [-0.2, 0) is 26.0 Å². The van der Waals surface area contributed by atoms with Crippen LogP contribution in [0.25, 0.3) is 0 Å². The molecule has 1 fully saturated rings. The molecule has 0 N–H and O–H groups in total. The lowest BCUT2D eigenvalue weighted by molar-refractivity contribution is -0.137. The van der Waals surface area contributed by atoms with Gasteiger partial charge in [0.05, 0.1) is 12.7 Å². The topological polar surface area (TPSA) is 35.5 Å². The molecule has 0 unspecified atom stereocenters. The summed E-state index contributed by atoms with van der Waals surface area (Å²) in [6.07, 6.45) is 5.58. The molecule has 1 aromatic rings. The lowest BCUT2D eigenvalue weighted by atomic mass is 9.63. The first-order valence-corrected chi connectivity index (χ1v) is 13.8. The van der Waals surface area contributed by atoms with Crippen LogP contribution in [-0.4, -0.2) is 20.9 Å². The molecule has 0 bridgehead atoms. The van der Waals surface area contributed by atoms with Crippen molar-refractivity contribution in [2.75, 3.05) is 6.61 Å². The van der Waals surface area contributed by atoms with E-state index in [-0.39, 0.29) is 16.4 Å². The molecule has 3 nitrogen and oxygen atoms in total. The van der Waals surface area contributed by atoms with Crippen LogP contribution in [0.2, 0.25) is 18.1 Å². The molecule has 0 saturated heterocycles. The highest BCUT2D eigenvalue weighted by Crippen LogP contribution is 2.64. The van der Waals surface area contributed by atoms with Gasteiger partial charge in [-0.25, -0.2) is 4.79 Å². The Bertz CT molecular complexity index is 857. The summed E-state index contributed by atoms with van der Waals surface area (Å²) in [6.45, 7) is 16.1. The average molecular weight is 413 g/mol. The number of carbonyl (C=O) groups excluding carboxylic acids is 1. The Morgan fingerprint density at radius 1 is 1.21 bits per heavy atom. The number of hydrogen-bond donors (Lipinski definition) is 0. The van der Waals surface area contributed by atoms with Gasteiger partial charge in [0, 0.05) is 11.0 Å². The number of carbonyl (C=O) groups is 1. The predicted octanol–water partition coefficient (Wildman–Crippen LogP) is 6.29. The number of ether oxygens (including phenoxy) is 1. The van der Waals surface area contributed by atoms with E-state index in [1.165, 1.54) is 17.2 Å². The van der Waals surface area contributed by atoms with Crippen LogP contribution in [0.3, 0.4) is 0 Å². The Morgan fingerprint density at radius 3 is 2.52 bits per heavy atom. The zero-order valence-electron chi connectivity index (χ0n) is 19.1. The molecule has 158 valence electrons. The van der Waals surface area contributed by atoms with Crippen LogP contribution in [0.5, 0.6) is 0 Å². The monoisotopic (exact) mass is 412 g/mol. The van der Waals surface area contributed by atoms with Crippen LogP contribution >= 0.6 is 0 Å². The van der Waals surface area contributed by atoms with Crippen molar-refractivity contribution in [3.05, 3.63) is 52.8 Å². The number of esters is 1. The fourth-order valence-corrected chi connectivity index (χ4v) is 6.23. The van der Waals surface area contributed by atoms with Crippen LogP contribution in [0.1, 0.15) is 65.0 Å². The summed E-state index contributed by atoms with van der Waals surface area (Å²) in [5.41, 5.74) is 6.58. The zero-order valence-corrected chi connectivity index (χ0v) is 20.1. The summed E-state index contributed by atoms with van der Waals surface area (Å²) in [5.74, 6) is -0.333. The Kier molecular flexibility index (Phi) is 5.77. The summed E-state index contributed by atoms with van der Waals surface area (Å²) in [5, 5.41) is 0.0909. The highest BCUT2D eigenvalue weighted by Gasteiger charge is 2.62. The molecule has 3 rings (SSSR count). The maximum atomic E-state index is 12.0. The summed E-state index contributed by atoms with van der Waals surface area (Å²) in [4.78, 5) is 12.0. The molecule has 0 amide bonds. The van der Waals surface area contributed by atoms with E-state index in [1.807, 2.05) is 6.92 Å². The van der Waals surface area contributed by atoms with Gasteiger partial charge in [-0.1, -0.05) is 52.0 Å². The van der Waals surface area contributed by atoms with Crippen LogP contribution < -0.4 is 0 Å². The van der Waals surface area contributed by atoms with Gasteiger partial charge in [-0.05, 0) is 61.9 Å². The Labute approximate surface area is 177 Å². The van der Waals surface area contributed by atoms with Crippen LogP contribution in [0.4, 0.5) is 0 Å². The van der Waals surface area contributed by atoms with Gasteiger partial charge >= 0.3 is 5.97 Å². The van der Waals surface area contributed by atoms with Gasteiger partial charge in [-0.3, -0.25) is 0 Å². The van der Waals surface area contributed by atoms with E-state index in [1.54, 1.807) is 0 Å². The maximum absolute atomic E-state index is 12.0. The molecule has 0 radical (unpaired) electrons. The van der Waals surface area contributed by atoms with Crippen molar-refractivity contribution in [3.8, 4) is 0 Å². The summed E-state index contributed by atoms with van der Waals surface area (Å²) in [7, 11) is -2.11. The largest absolute Gasteiger partial charge is 0.462 e. The smallest absolute Gasteiger partial charge is 0.338 e. The van der Waals surface area contributed by atoms with Gasteiger partial charge in [0.2, 0.25) is 0 Å². The predicted molar refractivity (Wildman–Crippen MR) is 120 cm³/mol. The molecule has 0 spiro atoms. The first kappa shape index (κ1) is 22.1. The highest BCUT2D eigenvalue weighted by atomic mass is 28.4. The highest BCUT2D eigenvalue weighted by molar-refractivity contribution is 6.74. The molecule has 0 heterocycles. The molecule has 1 saturated carbocycles. The zero-order chi connectivity index (χ0) is 21.5. The van der Waals surface area contributed by atoms with Crippen molar-refractivity contribution >= 4 is 14.3 Å². The lowest BCUT2D eigenvalue weighted by Crippen LogP contribution is -2.55. The number of aryl methyl sites for hydroxylation is 1. The third kappa shape index (κ3) is 3.67. The van der Waals surface area contributed by atoms with Gasteiger partial charge in [-0.2, -0.15) is 0 Å². The van der Waals surface area contributed by atoms with E-state index in [9.17, 15) is 4.79 Å². The number of fused-ring (bicyclic) bond motifs is 3.